The Kier molecular flexibility index (Phi) is 5.50. The molecule has 26 heavy (non-hydrogen) atoms. The smallest absolute Gasteiger partial charge is 0.263 e. The number of carbonyl (C=O) groups excluding carboxylic acids is 1. The summed E-state index contributed by atoms with van der Waals surface area (Å²) >= 11 is 0. The summed E-state index contributed by atoms with van der Waals surface area (Å²) in [5, 5.41) is 0. The van der Waals surface area contributed by atoms with Crippen LogP contribution in [0.1, 0.15) is 23.6 Å². The minimum absolute atomic E-state index is 0.0660. The minimum atomic E-state index is -0.474. The van der Waals surface area contributed by atoms with E-state index in [4.69, 9.17) is 4.74 Å². The highest BCUT2D eigenvalue weighted by Gasteiger charge is 2.26. The number of carbonyl (C=O) groups is 1. The maximum Gasteiger partial charge on any atom is 0.263 e. The largest absolute Gasteiger partial charge is 0.481 e. The van der Waals surface area contributed by atoms with Crippen LogP contribution in [0.15, 0.2) is 42.5 Å². The molecule has 2 aromatic carbocycles. The normalized spacial score (nSPS) is 15.7. The summed E-state index contributed by atoms with van der Waals surface area (Å²) in [6.45, 7) is 11.2. The minimum Gasteiger partial charge on any atom is -0.481 e. The second-order valence-electron chi connectivity index (χ2n) is 7.11. The van der Waals surface area contributed by atoms with Crippen molar-refractivity contribution in [1.82, 2.24) is 4.90 Å². The standard InChI is InChI=1S/C22H28N2O2/c1-16-14-17(2)18(3)21(15-16)26-19(4)22(25)24-12-10-23(11-13-24)20-8-6-5-7-9-20/h5-9,14-15,19H,10-13H2,1-4H3/t19-/m0/s1. The number of ether oxygens (including phenoxy) is 1. The Morgan fingerprint density at radius 2 is 1.65 bits per heavy atom. The van der Waals surface area contributed by atoms with E-state index >= 15 is 0 Å². The number of benzene rings is 2. The first-order chi connectivity index (χ1) is 12.5. The van der Waals surface area contributed by atoms with Crippen LogP contribution in [0.3, 0.4) is 0 Å². The summed E-state index contributed by atoms with van der Waals surface area (Å²) in [6, 6.07) is 14.5. The molecular formula is C22H28N2O2. The maximum absolute atomic E-state index is 12.8. The molecule has 0 bridgehead atoms. The van der Waals surface area contributed by atoms with E-state index in [9.17, 15) is 4.79 Å². The molecule has 1 fully saturated rings. The van der Waals surface area contributed by atoms with Gasteiger partial charge in [0.2, 0.25) is 0 Å². The van der Waals surface area contributed by atoms with E-state index < -0.39 is 6.10 Å². The molecule has 1 saturated heterocycles. The summed E-state index contributed by atoms with van der Waals surface area (Å²) in [7, 11) is 0. The van der Waals surface area contributed by atoms with Crippen LogP contribution in [0.5, 0.6) is 5.75 Å². The number of amides is 1. The molecule has 0 N–H and O–H groups in total. The number of rotatable bonds is 4. The monoisotopic (exact) mass is 352 g/mol. The van der Waals surface area contributed by atoms with E-state index in [0.29, 0.717) is 0 Å². The molecule has 0 aliphatic carbocycles. The second-order valence-corrected chi connectivity index (χ2v) is 7.11. The zero-order valence-electron chi connectivity index (χ0n) is 16.2. The van der Waals surface area contributed by atoms with E-state index in [0.717, 1.165) is 43.1 Å². The molecule has 1 atom stereocenters. The summed E-state index contributed by atoms with van der Waals surface area (Å²) in [5.41, 5.74) is 4.66. The molecule has 138 valence electrons. The highest BCUT2D eigenvalue weighted by Crippen LogP contribution is 2.25. The molecule has 3 rings (SSSR count). The van der Waals surface area contributed by atoms with Crippen LogP contribution in [0.25, 0.3) is 0 Å². The number of hydrogen-bond donors (Lipinski definition) is 0. The third kappa shape index (κ3) is 4.01. The fourth-order valence-electron chi connectivity index (χ4n) is 3.45. The first kappa shape index (κ1) is 18.3. The zero-order chi connectivity index (χ0) is 18.7. The van der Waals surface area contributed by atoms with E-state index in [1.54, 1.807) is 0 Å². The number of piperazine rings is 1. The van der Waals surface area contributed by atoms with Gasteiger partial charge in [0.15, 0.2) is 6.10 Å². The lowest BCUT2D eigenvalue weighted by Gasteiger charge is -2.37. The quantitative estimate of drug-likeness (QED) is 0.841. The van der Waals surface area contributed by atoms with Gasteiger partial charge in [0.25, 0.3) is 5.91 Å². The van der Waals surface area contributed by atoms with Crippen LogP contribution in [0.2, 0.25) is 0 Å². The van der Waals surface area contributed by atoms with Crippen molar-refractivity contribution in [3.8, 4) is 5.75 Å². The number of aryl methyl sites for hydroxylation is 2. The lowest BCUT2D eigenvalue weighted by atomic mass is 10.1. The summed E-state index contributed by atoms with van der Waals surface area (Å²) in [4.78, 5) is 17.1. The van der Waals surface area contributed by atoms with Crippen molar-refractivity contribution >= 4 is 11.6 Å². The van der Waals surface area contributed by atoms with Crippen LogP contribution in [-0.4, -0.2) is 43.1 Å². The summed E-state index contributed by atoms with van der Waals surface area (Å²) in [5.74, 6) is 0.877. The number of nitrogens with zero attached hydrogens (tertiary/aromatic N) is 2. The predicted molar refractivity (Wildman–Crippen MR) is 106 cm³/mol. The fraction of sp³-hybridized carbons (Fsp3) is 0.409. The highest BCUT2D eigenvalue weighted by molar-refractivity contribution is 5.81. The first-order valence-electron chi connectivity index (χ1n) is 9.29. The Morgan fingerprint density at radius 3 is 2.31 bits per heavy atom. The third-order valence-corrected chi connectivity index (χ3v) is 5.13. The topological polar surface area (TPSA) is 32.8 Å². The lowest BCUT2D eigenvalue weighted by molar-refractivity contribution is -0.138. The van der Waals surface area contributed by atoms with Crippen molar-refractivity contribution in [3.05, 3.63) is 59.2 Å². The Balaban J connectivity index is 1.60. The molecule has 4 heteroatoms. The van der Waals surface area contributed by atoms with Crippen molar-refractivity contribution in [3.63, 3.8) is 0 Å². The summed E-state index contributed by atoms with van der Waals surface area (Å²) < 4.78 is 6.03. The molecule has 1 amide bonds. The number of anilines is 1. The van der Waals surface area contributed by atoms with Gasteiger partial charge in [-0.1, -0.05) is 24.3 Å². The zero-order valence-corrected chi connectivity index (χ0v) is 16.2. The molecule has 2 aromatic rings. The van der Waals surface area contributed by atoms with Gasteiger partial charge in [-0.3, -0.25) is 4.79 Å². The van der Waals surface area contributed by atoms with Gasteiger partial charge in [-0.2, -0.15) is 0 Å². The lowest BCUT2D eigenvalue weighted by Crippen LogP contribution is -2.52. The van der Waals surface area contributed by atoms with Crippen molar-refractivity contribution in [1.29, 1.82) is 0 Å². The van der Waals surface area contributed by atoms with Crippen molar-refractivity contribution in [2.75, 3.05) is 31.1 Å². The van der Waals surface area contributed by atoms with Crippen LogP contribution < -0.4 is 9.64 Å². The molecule has 0 aromatic heterocycles. The maximum atomic E-state index is 12.8. The number of hydrogen-bond acceptors (Lipinski definition) is 3. The van der Waals surface area contributed by atoms with Crippen LogP contribution in [0, 0.1) is 20.8 Å². The Morgan fingerprint density at radius 1 is 1.00 bits per heavy atom. The average molecular weight is 352 g/mol. The molecule has 4 nitrogen and oxygen atoms in total. The van der Waals surface area contributed by atoms with E-state index in [2.05, 4.69) is 49.1 Å². The molecule has 1 aliphatic rings. The van der Waals surface area contributed by atoms with Gasteiger partial charge < -0.3 is 14.5 Å². The van der Waals surface area contributed by atoms with Gasteiger partial charge in [0.1, 0.15) is 5.75 Å². The van der Waals surface area contributed by atoms with Gasteiger partial charge in [0, 0.05) is 31.9 Å². The molecular weight excluding hydrogens is 324 g/mol. The molecule has 1 heterocycles. The van der Waals surface area contributed by atoms with Crippen LogP contribution in [0.4, 0.5) is 5.69 Å². The Hall–Kier alpha value is -2.49. The Labute approximate surface area is 156 Å². The summed E-state index contributed by atoms with van der Waals surface area (Å²) in [6.07, 6.45) is -0.474. The van der Waals surface area contributed by atoms with Crippen LogP contribution >= 0.6 is 0 Å². The SMILES string of the molecule is Cc1cc(C)c(C)c(O[C@@H](C)C(=O)N2CCN(c3ccccc3)CC2)c1. The predicted octanol–water partition coefficient (Wildman–Crippen LogP) is 3.73. The second kappa shape index (κ2) is 7.81. The van der Waals surface area contributed by atoms with Gasteiger partial charge >= 0.3 is 0 Å². The Bertz CT molecular complexity index is 765. The van der Waals surface area contributed by atoms with Crippen LogP contribution in [-0.2, 0) is 4.79 Å². The van der Waals surface area contributed by atoms with E-state index in [-0.39, 0.29) is 5.91 Å². The third-order valence-electron chi connectivity index (χ3n) is 5.13. The average Bonchev–Trinajstić information content (AvgIpc) is 2.66. The van der Waals surface area contributed by atoms with Gasteiger partial charge in [0.05, 0.1) is 0 Å². The highest BCUT2D eigenvalue weighted by atomic mass is 16.5. The fourth-order valence-corrected chi connectivity index (χ4v) is 3.45. The van der Waals surface area contributed by atoms with E-state index in [1.807, 2.05) is 30.9 Å². The molecule has 0 radical (unpaired) electrons. The van der Waals surface area contributed by atoms with Gasteiger partial charge in [-0.15, -0.1) is 0 Å². The molecule has 1 aliphatic heterocycles. The molecule has 0 unspecified atom stereocenters. The molecule has 0 spiro atoms. The van der Waals surface area contributed by atoms with Crippen molar-refractivity contribution in [2.24, 2.45) is 0 Å². The van der Waals surface area contributed by atoms with Gasteiger partial charge in [-0.25, -0.2) is 0 Å². The number of para-hydroxylation sites is 1. The molecule has 0 saturated carbocycles. The van der Waals surface area contributed by atoms with Gasteiger partial charge in [-0.05, 0) is 62.6 Å². The first-order valence-corrected chi connectivity index (χ1v) is 9.29. The van der Waals surface area contributed by atoms with E-state index in [1.165, 1.54) is 11.3 Å². The van der Waals surface area contributed by atoms with Crippen molar-refractivity contribution in [2.45, 2.75) is 33.8 Å². The van der Waals surface area contributed by atoms with Crippen molar-refractivity contribution < 1.29 is 9.53 Å².